The molecule has 0 heterocycles. The SMILES string of the molecule is O=[N+]([O-])c1ccc(CF)cc1[N+](=O)[O-]. The van der Waals surface area contributed by atoms with Crippen LogP contribution in [0.25, 0.3) is 0 Å². The van der Waals surface area contributed by atoms with Gasteiger partial charge in [0.2, 0.25) is 0 Å². The van der Waals surface area contributed by atoms with Crippen LogP contribution in [0, 0.1) is 20.2 Å². The van der Waals surface area contributed by atoms with Crippen molar-refractivity contribution in [3.8, 4) is 0 Å². The Morgan fingerprint density at radius 2 is 1.71 bits per heavy atom. The molecule has 6 nitrogen and oxygen atoms in total. The van der Waals surface area contributed by atoms with Crippen molar-refractivity contribution < 1.29 is 14.2 Å². The van der Waals surface area contributed by atoms with Crippen molar-refractivity contribution in [3.05, 3.63) is 44.0 Å². The maximum atomic E-state index is 12.1. The number of hydrogen-bond acceptors (Lipinski definition) is 4. The first-order valence-electron chi connectivity index (χ1n) is 3.54. The zero-order valence-electron chi connectivity index (χ0n) is 6.84. The Morgan fingerprint density at radius 3 is 2.14 bits per heavy atom. The molecule has 0 radical (unpaired) electrons. The first kappa shape index (κ1) is 10.0. The molecule has 74 valence electrons. The second-order valence-electron chi connectivity index (χ2n) is 2.47. The molecule has 0 bridgehead atoms. The van der Waals surface area contributed by atoms with Crippen LogP contribution in [0.5, 0.6) is 0 Å². The molecule has 7 heteroatoms. The molecular weight excluding hydrogens is 195 g/mol. The molecule has 0 aliphatic heterocycles. The van der Waals surface area contributed by atoms with Crippen molar-refractivity contribution >= 4 is 11.4 Å². The van der Waals surface area contributed by atoms with Crippen molar-refractivity contribution in [1.82, 2.24) is 0 Å². The van der Waals surface area contributed by atoms with Crippen molar-refractivity contribution in [3.63, 3.8) is 0 Å². The lowest BCUT2D eigenvalue weighted by Gasteiger charge is -1.96. The topological polar surface area (TPSA) is 86.3 Å². The van der Waals surface area contributed by atoms with Gasteiger partial charge in [-0.3, -0.25) is 20.2 Å². The van der Waals surface area contributed by atoms with E-state index in [9.17, 15) is 24.6 Å². The first-order chi connectivity index (χ1) is 6.56. The van der Waals surface area contributed by atoms with E-state index in [0.717, 1.165) is 18.2 Å². The van der Waals surface area contributed by atoms with Gasteiger partial charge in [0.25, 0.3) is 0 Å². The summed E-state index contributed by atoms with van der Waals surface area (Å²) in [7, 11) is 0. The standard InChI is InChI=1S/C7H5FN2O4/c8-4-5-1-2-6(9(11)12)7(3-5)10(13)14/h1-3H,4H2. The number of halogens is 1. The molecule has 0 aliphatic carbocycles. The number of nitro benzene ring substituents is 2. The molecule has 0 fully saturated rings. The van der Waals surface area contributed by atoms with Gasteiger partial charge in [0, 0.05) is 12.1 Å². The molecular formula is C7H5FN2O4. The Hall–Kier alpha value is -2.05. The Bertz CT molecular complexity index is 393. The Kier molecular flexibility index (Phi) is 2.70. The fraction of sp³-hybridized carbons (Fsp3) is 0.143. The maximum absolute atomic E-state index is 12.1. The van der Waals surface area contributed by atoms with Crippen molar-refractivity contribution in [1.29, 1.82) is 0 Å². The first-order valence-corrected chi connectivity index (χ1v) is 3.54. The molecule has 0 unspecified atom stereocenters. The number of hydrogen-bond donors (Lipinski definition) is 0. The van der Waals surface area contributed by atoms with Gasteiger partial charge >= 0.3 is 11.4 Å². The van der Waals surface area contributed by atoms with Crippen LogP contribution in [0.4, 0.5) is 15.8 Å². The second-order valence-corrected chi connectivity index (χ2v) is 2.47. The number of alkyl halides is 1. The lowest BCUT2D eigenvalue weighted by Crippen LogP contribution is -1.97. The number of benzene rings is 1. The summed E-state index contributed by atoms with van der Waals surface area (Å²) >= 11 is 0. The smallest absolute Gasteiger partial charge is 0.258 e. The van der Waals surface area contributed by atoms with E-state index >= 15 is 0 Å². The lowest BCUT2D eigenvalue weighted by molar-refractivity contribution is -0.422. The van der Waals surface area contributed by atoms with Crippen LogP contribution in [0.2, 0.25) is 0 Å². The van der Waals surface area contributed by atoms with Crippen molar-refractivity contribution in [2.45, 2.75) is 6.67 Å². The van der Waals surface area contributed by atoms with Crippen molar-refractivity contribution in [2.24, 2.45) is 0 Å². The van der Waals surface area contributed by atoms with Crippen LogP contribution in [0.3, 0.4) is 0 Å². The highest BCUT2D eigenvalue weighted by atomic mass is 19.1. The normalized spacial score (nSPS) is 9.79. The van der Waals surface area contributed by atoms with E-state index in [1.54, 1.807) is 0 Å². The van der Waals surface area contributed by atoms with Gasteiger partial charge in [0.1, 0.15) is 6.67 Å². The molecule has 1 aromatic carbocycles. The van der Waals surface area contributed by atoms with Crippen LogP contribution in [-0.4, -0.2) is 9.85 Å². The fourth-order valence-electron chi connectivity index (χ4n) is 0.953. The summed E-state index contributed by atoms with van der Waals surface area (Å²) in [5.74, 6) is 0. The van der Waals surface area contributed by atoms with E-state index in [1.807, 2.05) is 0 Å². The molecule has 0 atom stereocenters. The third-order valence-electron chi connectivity index (χ3n) is 1.59. The van der Waals surface area contributed by atoms with Gasteiger partial charge in [-0.15, -0.1) is 0 Å². The monoisotopic (exact) mass is 200 g/mol. The minimum atomic E-state index is -0.905. The summed E-state index contributed by atoms with van der Waals surface area (Å²) in [6.07, 6.45) is 0. The van der Waals surface area contributed by atoms with Gasteiger partial charge in [0.05, 0.1) is 9.85 Å². The summed E-state index contributed by atoms with van der Waals surface area (Å²) in [6, 6.07) is 2.93. The summed E-state index contributed by atoms with van der Waals surface area (Å²) in [5.41, 5.74) is -1.28. The second kappa shape index (κ2) is 3.77. The molecule has 0 saturated heterocycles. The fourth-order valence-corrected chi connectivity index (χ4v) is 0.953. The Balaban J connectivity index is 3.31. The molecule has 1 rings (SSSR count). The van der Waals surface area contributed by atoms with E-state index in [-0.39, 0.29) is 5.56 Å². The molecule has 0 amide bonds. The van der Waals surface area contributed by atoms with Crippen molar-refractivity contribution in [2.75, 3.05) is 0 Å². The predicted molar refractivity (Wildman–Crippen MR) is 44.6 cm³/mol. The van der Waals surface area contributed by atoms with Crippen LogP contribution >= 0.6 is 0 Å². The van der Waals surface area contributed by atoms with E-state index in [1.165, 1.54) is 0 Å². The number of nitrogens with zero attached hydrogens (tertiary/aromatic N) is 2. The number of rotatable bonds is 3. The quantitative estimate of drug-likeness (QED) is 0.551. The van der Waals surface area contributed by atoms with E-state index in [2.05, 4.69) is 0 Å². The van der Waals surface area contributed by atoms with E-state index in [0.29, 0.717) is 0 Å². The van der Waals surface area contributed by atoms with Gasteiger partial charge in [-0.2, -0.15) is 0 Å². The largest absolute Gasteiger partial charge is 0.346 e. The highest BCUT2D eigenvalue weighted by molar-refractivity contribution is 5.53. The van der Waals surface area contributed by atoms with Gasteiger partial charge in [0.15, 0.2) is 0 Å². The van der Waals surface area contributed by atoms with Crippen LogP contribution < -0.4 is 0 Å². The number of nitro groups is 2. The molecule has 0 spiro atoms. The lowest BCUT2D eigenvalue weighted by atomic mass is 10.2. The summed E-state index contributed by atoms with van der Waals surface area (Å²) in [6.45, 7) is -0.890. The average Bonchev–Trinajstić information content (AvgIpc) is 2.16. The van der Waals surface area contributed by atoms with Gasteiger partial charge < -0.3 is 0 Å². The third kappa shape index (κ3) is 1.82. The molecule has 0 N–H and O–H groups in total. The minimum Gasteiger partial charge on any atom is -0.258 e. The van der Waals surface area contributed by atoms with E-state index < -0.39 is 27.9 Å². The molecule has 1 aromatic rings. The summed E-state index contributed by atoms with van der Waals surface area (Å²) in [5, 5.41) is 20.7. The molecule has 14 heavy (non-hydrogen) atoms. The van der Waals surface area contributed by atoms with Gasteiger partial charge in [-0.05, 0) is 11.6 Å². The summed E-state index contributed by atoms with van der Waals surface area (Å²) in [4.78, 5) is 18.9. The van der Waals surface area contributed by atoms with Crippen LogP contribution in [-0.2, 0) is 6.67 Å². The molecule has 0 aromatic heterocycles. The van der Waals surface area contributed by atoms with Gasteiger partial charge in [-0.1, -0.05) is 0 Å². The summed E-state index contributed by atoms with van der Waals surface area (Å²) < 4.78 is 12.1. The third-order valence-corrected chi connectivity index (χ3v) is 1.59. The highest BCUT2D eigenvalue weighted by Crippen LogP contribution is 2.27. The Labute approximate surface area is 77.3 Å². The maximum Gasteiger partial charge on any atom is 0.346 e. The zero-order chi connectivity index (χ0) is 10.7. The highest BCUT2D eigenvalue weighted by Gasteiger charge is 2.23. The minimum absolute atomic E-state index is 0.0438. The van der Waals surface area contributed by atoms with E-state index in [4.69, 9.17) is 0 Å². The van der Waals surface area contributed by atoms with Gasteiger partial charge in [-0.25, -0.2) is 4.39 Å². The molecule has 0 aliphatic rings. The van der Waals surface area contributed by atoms with Crippen LogP contribution in [0.15, 0.2) is 18.2 Å². The predicted octanol–water partition coefficient (Wildman–Crippen LogP) is 1.97. The molecule has 0 saturated carbocycles. The average molecular weight is 200 g/mol. The van der Waals surface area contributed by atoms with Crippen LogP contribution in [0.1, 0.15) is 5.56 Å². The Morgan fingerprint density at radius 1 is 1.14 bits per heavy atom. The zero-order valence-corrected chi connectivity index (χ0v) is 6.84.